The van der Waals surface area contributed by atoms with Crippen LogP contribution in [-0.4, -0.2) is 29.7 Å². The van der Waals surface area contributed by atoms with E-state index in [0.717, 1.165) is 29.7 Å². The normalized spacial score (nSPS) is 10.8. The van der Waals surface area contributed by atoms with E-state index in [0.29, 0.717) is 22.7 Å². The van der Waals surface area contributed by atoms with E-state index in [9.17, 15) is 4.79 Å². The maximum Gasteiger partial charge on any atom is 0.259 e. The van der Waals surface area contributed by atoms with Gasteiger partial charge in [0.2, 0.25) is 0 Å². The van der Waals surface area contributed by atoms with E-state index in [-0.39, 0.29) is 5.91 Å². The van der Waals surface area contributed by atoms with E-state index in [1.165, 1.54) is 12.7 Å². The van der Waals surface area contributed by atoms with E-state index in [2.05, 4.69) is 34.1 Å². The molecule has 6 heteroatoms. The summed E-state index contributed by atoms with van der Waals surface area (Å²) in [6, 6.07) is 21.3. The molecule has 0 atom stereocenters. The highest BCUT2D eigenvalue weighted by atomic mass is 16.5. The first kappa shape index (κ1) is 20.5. The zero-order chi connectivity index (χ0) is 21.8. The molecule has 0 saturated heterocycles. The molecule has 0 bridgehead atoms. The molecule has 0 aliphatic heterocycles. The maximum atomic E-state index is 12.8. The van der Waals surface area contributed by atoms with Crippen LogP contribution in [0.15, 0.2) is 66.7 Å². The van der Waals surface area contributed by atoms with Gasteiger partial charge in [-0.05, 0) is 42.3 Å². The molecule has 0 radical (unpaired) electrons. The highest BCUT2D eigenvalue weighted by Gasteiger charge is 2.15. The summed E-state index contributed by atoms with van der Waals surface area (Å²) in [6.45, 7) is 0. The fourth-order valence-electron chi connectivity index (χ4n) is 3.64. The first-order valence-electron chi connectivity index (χ1n) is 10.1. The smallest absolute Gasteiger partial charge is 0.259 e. The number of hydrogen-bond acceptors (Lipinski definition) is 4. The average Bonchev–Trinajstić information content (AvgIpc) is 3.12. The molecule has 4 rings (SSSR count). The molecule has 1 amide bonds. The number of rotatable bonds is 7. The summed E-state index contributed by atoms with van der Waals surface area (Å²) in [6.07, 6.45) is 1.78. The Morgan fingerprint density at radius 3 is 2.52 bits per heavy atom. The lowest BCUT2D eigenvalue weighted by Gasteiger charge is -2.11. The van der Waals surface area contributed by atoms with Crippen molar-refractivity contribution >= 4 is 22.6 Å². The number of carbonyl (C=O) groups excluding carboxylic acids is 1. The fourth-order valence-corrected chi connectivity index (χ4v) is 3.64. The molecule has 0 aliphatic carbocycles. The lowest BCUT2D eigenvalue weighted by Crippen LogP contribution is -2.13. The van der Waals surface area contributed by atoms with Gasteiger partial charge in [-0.1, -0.05) is 30.3 Å². The van der Waals surface area contributed by atoms with E-state index in [4.69, 9.17) is 14.5 Å². The Hall–Kier alpha value is -3.80. The van der Waals surface area contributed by atoms with Crippen LogP contribution in [-0.2, 0) is 19.9 Å². The van der Waals surface area contributed by atoms with Gasteiger partial charge in [0.15, 0.2) is 0 Å². The third-order valence-electron chi connectivity index (χ3n) is 5.36. The number of fused-ring (bicyclic) bond motifs is 1. The zero-order valence-corrected chi connectivity index (χ0v) is 17.9. The summed E-state index contributed by atoms with van der Waals surface area (Å²) >= 11 is 0. The topological polar surface area (TPSA) is 65.4 Å². The molecule has 158 valence electrons. The molecule has 1 aromatic heterocycles. The van der Waals surface area contributed by atoms with Crippen LogP contribution in [0.25, 0.3) is 11.0 Å². The van der Waals surface area contributed by atoms with Gasteiger partial charge in [0, 0.05) is 25.2 Å². The van der Waals surface area contributed by atoms with Crippen molar-refractivity contribution in [2.45, 2.75) is 12.8 Å². The average molecular weight is 415 g/mol. The number of aromatic nitrogens is 2. The second-order valence-corrected chi connectivity index (χ2v) is 7.30. The van der Waals surface area contributed by atoms with E-state index < -0.39 is 0 Å². The Labute approximate surface area is 181 Å². The lowest BCUT2D eigenvalue weighted by atomic mass is 10.1. The van der Waals surface area contributed by atoms with Gasteiger partial charge >= 0.3 is 0 Å². The number of benzene rings is 3. The molecule has 31 heavy (non-hydrogen) atoms. The van der Waals surface area contributed by atoms with Crippen molar-refractivity contribution in [3.05, 3.63) is 83.7 Å². The SMILES string of the molecule is COc1ccc(C(=O)Nc2ccc3c(c2)nc(CCc2ccccc2)n3C)c(OC)c1. The minimum atomic E-state index is -0.251. The number of anilines is 1. The predicted octanol–water partition coefficient (Wildman–Crippen LogP) is 4.63. The van der Waals surface area contributed by atoms with Crippen molar-refractivity contribution in [3.8, 4) is 11.5 Å². The highest BCUT2D eigenvalue weighted by molar-refractivity contribution is 6.07. The number of carbonyl (C=O) groups is 1. The lowest BCUT2D eigenvalue weighted by molar-refractivity contribution is 0.102. The number of nitrogens with one attached hydrogen (secondary N) is 1. The van der Waals surface area contributed by atoms with Crippen LogP contribution in [0.2, 0.25) is 0 Å². The van der Waals surface area contributed by atoms with Gasteiger partial charge in [0.1, 0.15) is 17.3 Å². The molecule has 1 heterocycles. The van der Waals surface area contributed by atoms with Gasteiger partial charge in [0.25, 0.3) is 5.91 Å². The van der Waals surface area contributed by atoms with Crippen LogP contribution < -0.4 is 14.8 Å². The van der Waals surface area contributed by atoms with Crippen LogP contribution in [0.3, 0.4) is 0 Å². The summed E-state index contributed by atoms with van der Waals surface area (Å²) in [5, 5.41) is 2.94. The van der Waals surface area contributed by atoms with Crippen molar-refractivity contribution in [1.29, 1.82) is 0 Å². The molecule has 4 aromatic rings. The summed E-state index contributed by atoms with van der Waals surface area (Å²) in [5.41, 5.74) is 4.29. The molecular weight excluding hydrogens is 390 g/mol. The minimum absolute atomic E-state index is 0.251. The fraction of sp³-hybridized carbons (Fsp3) is 0.200. The van der Waals surface area contributed by atoms with E-state index >= 15 is 0 Å². The molecule has 0 spiro atoms. The van der Waals surface area contributed by atoms with Crippen LogP contribution in [0.5, 0.6) is 11.5 Å². The largest absolute Gasteiger partial charge is 0.497 e. The molecule has 3 aromatic carbocycles. The Bertz CT molecular complexity index is 1220. The predicted molar refractivity (Wildman–Crippen MR) is 122 cm³/mol. The molecule has 1 N–H and O–H groups in total. The molecule has 6 nitrogen and oxygen atoms in total. The van der Waals surface area contributed by atoms with Crippen molar-refractivity contribution in [2.75, 3.05) is 19.5 Å². The number of methoxy groups -OCH3 is 2. The van der Waals surface area contributed by atoms with Crippen molar-refractivity contribution in [3.63, 3.8) is 0 Å². The van der Waals surface area contributed by atoms with Crippen molar-refractivity contribution in [1.82, 2.24) is 9.55 Å². The first-order valence-corrected chi connectivity index (χ1v) is 10.1. The van der Waals surface area contributed by atoms with Gasteiger partial charge in [-0.25, -0.2) is 4.98 Å². The van der Waals surface area contributed by atoms with E-state index in [1.54, 1.807) is 25.3 Å². The summed E-state index contributed by atoms with van der Waals surface area (Å²) in [4.78, 5) is 17.6. The van der Waals surface area contributed by atoms with Crippen molar-refractivity contribution in [2.24, 2.45) is 7.05 Å². The molecule has 0 aliphatic rings. The quantitative estimate of drug-likeness (QED) is 0.478. The Balaban J connectivity index is 1.53. The van der Waals surface area contributed by atoms with E-state index in [1.807, 2.05) is 31.3 Å². The van der Waals surface area contributed by atoms with Crippen LogP contribution >= 0.6 is 0 Å². The third-order valence-corrected chi connectivity index (χ3v) is 5.36. The second-order valence-electron chi connectivity index (χ2n) is 7.30. The molecule has 0 fully saturated rings. The first-order chi connectivity index (χ1) is 15.1. The van der Waals surface area contributed by atoms with Crippen LogP contribution in [0, 0.1) is 0 Å². The third kappa shape index (κ3) is 4.38. The van der Waals surface area contributed by atoms with Crippen LogP contribution in [0.1, 0.15) is 21.7 Å². The Morgan fingerprint density at radius 2 is 1.77 bits per heavy atom. The molecule has 0 saturated carbocycles. The molecular formula is C25H25N3O3. The van der Waals surface area contributed by atoms with Gasteiger partial charge in [0.05, 0.1) is 30.8 Å². The summed E-state index contributed by atoms with van der Waals surface area (Å²) in [5.74, 6) is 1.85. The Morgan fingerprint density at radius 1 is 0.968 bits per heavy atom. The second kappa shape index (κ2) is 8.92. The van der Waals surface area contributed by atoms with Crippen LogP contribution in [0.4, 0.5) is 5.69 Å². The monoisotopic (exact) mass is 415 g/mol. The zero-order valence-electron chi connectivity index (χ0n) is 17.9. The number of aryl methyl sites for hydroxylation is 3. The number of amides is 1. The summed E-state index contributed by atoms with van der Waals surface area (Å²) in [7, 11) is 5.13. The van der Waals surface area contributed by atoms with Gasteiger partial charge in [-0.15, -0.1) is 0 Å². The molecule has 0 unspecified atom stereocenters. The van der Waals surface area contributed by atoms with Gasteiger partial charge < -0.3 is 19.4 Å². The standard InChI is InChI=1S/C25H25N3O3/c1-28-22-13-10-18(26-25(29)20-12-11-19(30-2)16-23(20)31-3)15-21(22)27-24(28)14-9-17-7-5-4-6-8-17/h4-8,10-13,15-16H,9,14H2,1-3H3,(H,26,29). The number of nitrogens with zero attached hydrogens (tertiary/aromatic N) is 2. The Kier molecular flexibility index (Phi) is 5.89. The summed E-state index contributed by atoms with van der Waals surface area (Å²) < 4.78 is 12.6. The minimum Gasteiger partial charge on any atom is -0.497 e. The maximum absolute atomic E-state index is 12.8. The number of ether oxygens (including phenoxy) is 2. The van der Waals surface area contributed by atoms with Gasteiger partial charge in [-0.2, -0.15) is 0 Å². The number of imidazole rings is 1. The van der Waals surface area contributed by atoms with Gasteiger partial charge in [-0.3, -0.25) is 4.79 Å². The number of hydrogen-bond donors (Lipinski definition) is 1. The van der Waals surface area contributed by atoms with Crippen molar-refractivity contribution < 1.29 is 14.3 Å². The highest BCUT2D eigenvalue weighted by Crippen LogP contribution is 2.26.